The third-order valence-corrected chi connectivity index (χ3v) is 3.17. The Morgan fingerprint density at radius 1 is 1.11 bits per heavy atom. The Morgan fingerprint density at radius 2 is 1.72 bits per heavy atom. The Bertz CT molecular complexity index is 520. The van der Waals surface area contributed by atoms with Gasteiger partial charge in [-0.2, -0.15) is 0 Å². The fourth-order valence-corrected chi connectivity index (χ4v) is 1.86. The van der Waals surface area contributed by atoms with Gasteiger partial charge >= 0.3 is 0 Å². The zero-order valence-corrected chi connectivity index (χ0v) is 11.0. The molecule has 0 saturated heterocycles. The molecule has 0 amide bonds. The SMILES string of the molecule is COc1ccc(C(C)(O)c2ccc(Cl)nc2)cc1. The Morgan fingerprint density at radius 3 is 2.22 bits per heavy atom. The van der Waals surface area contributed by atoms with Crippen LogP contribution in [0.4, 0.5) is 0 Å². The van der Waals surface area contributed by atoms with E-state index in [1.807, 2.05) is 24.3 Å². The average molecular weight is 264 g/mol. The summed E-state index contributed by atoms with van der Waals surface area (Å²) in [5.41, 5.74) is 0.355. The van der Waals surface area contributed by atoms with Crippen molar-refractivity contribution in [3.8, 4) is 5.75 Å². The molecule has 1 heterocycles. The molecule has 1 unspecified atom stereocenters. The van der Waals surface area contributed by atoms with Crippen molar-refractivity contribution in [2.75, 3.05) is 7.11 Å². The number of halogens is 1. The van der Waals surface area contributed by atoms with Crippen molar-refractivity contribution in [3.63, 3.8) is 0 Å². The largest absolute Gasteiger partial charge is 0.497 e. The summed E-state index contributed by atoms with van der Waals surface area (Å²) in [6, 6.07) is 10.7. The first-order valence-electron chi connectivity index (χ1n) is 5.53. The molecule has 0 aliphatic heterocycles. The molecule has 1 atom stereocenters. The van der Waals surface area contributed by atoms with Crippen LogP contribution in [0.15, 0.2) is 42.6 Å². The first-order valence-corrected chi connectivity index (χ1v) is 5.91. The molecule has 3 nitrogen and oxygen atoms in total. The monoisotopic (exact) mass is 263 g/mol. The van der Waals surface area contributed by atoms with Gasteiger partial charge in [0.2, 0.25) is 0 Å². The van der Waals surface area contributed by atoms with Gasteiger partial charge in [0.1, 0.15) is 16.5 Å². The third kappa shape index (κ3) is 2.47. The number of hydrogen-bond acceptors (Lipinski definition) is 3. The number of aromatic nitrogens is 1. The molecule has 2 rings (SSSR count). The Balaban J connectivity index is 2.37. The summed E-state index contributed by atoms with van der Waals surface area (Å²) in [5.74, 6) is 0.754. The molecule has 1 N–H and O–H groups in total. The molecule has 0 bridgehead atoms. The summed E-state index contributed by atoms with van der Waals surface area (Å²) < 4.78 is 5.09. The maximum atomic E-state index is 10.6. The van der Waals surface area contributed by atoms with Crippen molar-refractivity contribution in [1.29, 1.82) is 0 Å². The molecular weight excluding hydrogens is 250 g/mol. The molecule has 0 saturated carbocycles. The number of methoxy groups -OCH3 is 1. The van der Waals surface area contributed by atoms with E-state index in [1.165, 1.54) is 0 Å². The topological polar surface area (TPSA) is 42.4 Å². The molecule has 0 aliphatic carbocycles. The second-order valence-electron chi connectivity index (χ2n) is 4.17. The standard InChI is InChI=1S/C14H14ClNO2/c1-14(17,11-5-8-13(15)16-9-11)10-3-6-12(18-2)7-4-10/h3-9,17H,1-2H3. The predicted molar refractivity (Wildman–Crippen MR) is 70.9 cm³/mol. The van der Waals surface area contributed by atoms with Crippen molar-refractivity contribution in [2.45, 2.75) is 12.5 Å². The van der Waals surface area contributed by atoms with Crippen LogP contribution < -0.4 is 4.74 Å². The Hall–Kier alpha value is -1.58. The molecule has 0 fully saturated rings. The highest BCUT2D eigenvalue weighted by molar-refractivity contribution is 6.29. The van der Waals surface area contributed by atoms with Crippen LogP contribution in [0.2, 0.25) is 5.15 Å². The first kappa shape index (κ1) is 12.9. The second-order valence-corrected chi connectivity index (χ2v) is 4.56. The molecular formula is C14H14ClNO2. The molecule has 1 aromatic heterocycles. The van der Waals surface area contributed by atoms with Crippen LogP contribution in [0, 0.1) is 0 Å². The van der Waals surface area contributed by atoms with Gasteiger partial charge in [-0.05, 0) is 30.7 Å². The van der Waals surface area contributed by atoms with E-state index in [9.17, 15) is 5.11 Å². The molecule has 1 aromatic carbocycles. The fourth-order valence-electron chi connectivity index (χ4n) is 1.75. The maximum absolute atomic E-state index is 10.6. The van der Waals surface area contributed by atoms with E-state index < -0.39 is 5.60 Å². The highest BCUT2D eigenvalue weighted by Gasteiger charge is 2.25. The van der Waals surface area contributed by atoms with Crippen LogP contribution in [0.3, 0.4) is 0 Å². The maximum Gasteiger partial charge on any atom is 0.129 e. The summed E-state index contributed by atoms with van der Waals surface area (Å²) >= 11 is 5.74. The molecule has 0 radical (unpaired) electrons. The van der Waals surface area contributed by atoms with Crippen LogP contribution in [0.1, 0.15) is 18.1 Å². The highest BCUT2D eigenvalue weighted by atomic mass is 35.5. The normalized spacial score (nSPS) is 14.0. The van der Waals surface area contributed by atoms with Gasteiger partial charge in [0, 0.05) is 11.8 Å². The predicted octanol–water partition coefficient (Wildman–Crippen LogP) is 3.00. The minimum absolute atomic E-state index is 0.407. The molecule has 18 heavy (non-hydrogen) atoms. The smallest absolute Gasteiger partial charge is 0.129 e. The van der Waals surface area contributed by atoms with E-state index in [2.05, 4.69) is 4.98 Å². The summed E-state index contributed by atoms with van der Waals surface area (Å²) in [4.78, 5) is 3.99. The van der Waals surface area contributed by atoms with E-state index in [0.29, 0.717) is 10.7 Å². The molecule has 4 heteroatoms. The highest BCUT2D eigenvalue weighted by Crippen LogP contribution is 2.30. The van der Waals surface area contributed by atoms with E-state index in [1.54, 1.807) is 32.4 Å². The summed E-state index contributed by atoms with van der Waals surface area (Å²) in [7, 11) is 1.61. The molecule has 94 valence electrons. The van der Waals surface area contributed by atoms with Gasteiger partial charge in [-0.1, -0.05) is 29.8 Å². The van der Waals surface area contributed by atoms with Crippen molar-refractivity contribution in [2.24, 2.45) is 0 Å². The lowest BCUT2D eigenvalue weighted by Crippen LogP contribution is -2.22. The van der Waals surface area contributed by atoms with E-state index >= 15 is 0 Å². The fraction of sp³-hybridized carbons (Fsp3) is 0.214. The van der Waals surface area contributed by atoms with Crippen molar-refractivity contribution in [1.82, 2.24) is 4.98 Å². The van der Waals surface area contributed by atoms with Crippen LogP contribution in [0.25, 0.3) is 0 Å². The van der Waals surface area contributed by atoms with Crippen LogP contribution in [-0.2, 0) is 5.60 Å². The molecule has 2 aromatic rings. The summed E-state index contributed by atoms with van der Waals surface area (Å²) in [6.07, 6.45) is 1.58. The lowest BCUT2D eigenvalue weighted by Gasteiger charge is -2.24. The molecule has 0 aliphatic rings. The van der Waals surface area contributed by atoms with Crippen molar-refractivity contribution < 1.29 is 9.84 Å². The number of benzene rings is 1. The van der Waals surface area contributed by atoms with Gasteiger partial charge in [-0.3, -0.25) is 0 Å². The number of ether oxygens (including phenoxy) is 1. The quantitative estimate of drug-likeness (QED) is 0.866. The third-order valence-electron chi connectivity index (χ3n) is 2.94. The van der Waals surface area contributed by atoms with Crippen LogP contribution in [0.5, 0.6) is 5.75 Å². The van der Waals surface area contributed by atoms with Gasteiger partial charge in [0.25, 0.3) is 0 Å². The van der Waals surface area contributed by atoms with Gasteiger partial charge in [-0.25, -0.2) is 4.98 Å². The lowest BCUT2D eigenvalue weighted by atomic mass is 9.89. The van der Waals surface area contributed by atoms with Crippen LogP contribution >= 0.6 is 11.6 Å². The average Bonchev–Trinajstić information content (AvgIpc) is 2.39. The lowest BCUT2D eigenvalue weighted by molar-refractivity contribution is 0.102. The zero-order chi connectivity index (χ0) is 13.2. The van der Waals surface area contributed by atoms with Gasteiger partial charge in [0.15, 0.2) is 0 Å². The Labute approximate surface area is 111 Å². The Kier molecular flexibility index (Phi) is 3.55. The minimum Gasteiger partial charge on any atom is -0.497 e. The summed E-state index contributed by atoms with van der Waals surface area (Å²) in [6.45, 7) is 1.72. The number of pyridine rings is 1. The van der Waals surface area contributed by atoms with E-state index in [-0.39, 0.29) is 0 Å². The van der Waals surface area contributed by atoms with E-state index in [0.717, 1.165) is 11.3 Å². The summed E-state index contributed by atoms with van der Waals surface area (Å²) in [5, 5.41) is 11.0. The number of nitrogens with zero attached hydrogens (tertiary/aromatic N) is 1. The van der Waals surface area contributed by atoms with Gasteiger partial charge < -0.3 is 9.84 Å². The first-order chi connectivity index (χ1) is 8.54. The van der Waals surface area contributed by atoms with Gasteiger partial charge in [0.05, 0.1) is 7.11 Å². The van der Waals surface area contributed by atoms with Crippen molar-refractivity contribution >= 4 is 11.6 Å². The van der Waals surface area contributed by atoms with E-state index in [4.69, 9.17) is 16.3 Å². The number of rotatable bonds is 3. The van der Waals surface area contributed by atoms with Gasteiger partial charge in [-0.15, -0.1) is 0 Å². The molecule has 0 spiro atoms. The van der Waals surface area contributed by atoms with Crippen molar-refractivity contribution in [3.05, 3.63) is 58.9 Å². The number of aliphatic hydroxyl groups is 1. The minimum atomic E-state index is -1.11. The second kappa shape index (κ2) is 4.96. The van der Waals surface area contributed by atoms with Crippen LogP contribution in [-0.4, -0.2) is 17.2 Å². The zero-order valence-electron chi connectivity index (χ0n) is 10.2. The number of hydrogen-bond donors (Lipinski definition) is 1.